The van der Waals surface area contributed by atoms with Gasteiger partial charge in [0.1, 0.15) is 0 Å². The predicted molar refractivity (Wildman–Crippen MR) is 51.4 cm³/mol. The summed E-state index contributed by atoms with van der Waals surface area (Å²) in [6.45, 7) is -0.805. The molecule has 0 aliphatic rings. The Labute approximate surface area is 103 Å². The summed E-state index contributed by atoms with van der Waals surface area (Å²) in [4.78, 5) is 3.32. The minimum Gasteiger partial charge on any atom is -0.392 e. The Hall–Kier alpha value is -1.15. The summed E-state index contributed by atoms with van der Waals surface area (Å²) in [6, 6.07) is 0.430. The van der Waals surface area contributed by atoms with E-state index in [1.54, 1.807) is 0 Å². The molecule has 0 atom stereocenters. The molecule has 0 bridgehead atoms. The monoisotopic (exact) mass is 291 g/mol. The standard InChI is InChI=1S/C9H7ClF5NO2/c10-2-6-5(3-17)4(8(11)12)1-7(16-6)18-9(13,14)15/h1,8,17H,2-3H2. The fraction of sp³-hybridized carbons (Fsp3) is 0.444. The van der Waals surface area contributed by atoms with Crippen molar-refractivity contribution in [3.8, 4) is 5.88 Å². The van der Waals surface area contributed by atoms with Crippen molar-refractivity contribution in [3.05, 3.63) is 22.9 Å². The molecule has 0 radical (unpaired) electrons. The summed E-state index contributed by atoms with van der Waals surface area (Å²) >= 11 is 5.38. The Kier molecular flexibility index (Phi) is 4.69. The van der Waals surface area contributed by atoms with Gasteiger partial charge in [-0.2, -0.15) is 0 Å². The lowest BCUT2D eigenvalue weighted by molar-refractivity contribution is -0.276. The van der Waals surface area contributed by atoms with Gasteiger partial charge in [-0.3, -0.25) is 0 Å². The van der Waals surface area contributed by atoms with E-state index in [0.717, 1.165) is 0 Å². The molecule has 1 N–H and O–H groups in total. The number of halogens is 6. The number of nitrogens with zero attached hydrogens (tertiary/aromatic N) is 1. The molecule has 0 aliphatic carbocycles. The molecule has 1 heterocycles. The maximum atomic E-state index is 12.6. The second-order valence-corrected chi connectivity index (χ2v) is 3.38. The highest BCUT2D eigenvalue weighted by atomic mass is 35.5. The van der Waals surface area contributed by atoms with Crippen molar-refractivity contribution in [1.82, 2.24) is 4.98 Å². The van der Waals surface area contributed by atoms with Gasteiger partial charge in [0, 0.05) is 17.2 Å². The number of hydrogen-bond donors (Lipinski definition) is 1. The zero-order chi connectivity index (χ0) is 13.9. The van der Waals surface area contributed by atoms with E-state index in [0.29, 0.717) is 6.07 Å². The Balaban J connectivity index is 3.27. The number of ether oxygens (including phenoxy) is 1. The molecule has 0 unspecified atom stereocenters. The average Bonchev–Trinajstić information content (AvgIpc) is 2.25. The first-order chi connectivity index (χ1) is 8.28. The average molecular weight is 292 g/mol. The minimum absolute atomic E-state index is 0.281. The van der Waals surface area contributed by atoms with Crippen LogP contribution in [0.2, 0.25) is 0 Å². The molecule has 0 aliphatic heterocycles. The summed E-state index contributed by atoms with van der Waals surface area (Å²) in [5.74, 6) is -1.46. The van der Waals surface area contributed by atoms with Gasteiger partial charge >= 0.3 is 6.36 Å². The molecule has 0 amide bonds. The highest BCUT2D eigenvalue weighted by Crippen LogP contribution is 2.31. The van der Waals surface area contributed by atoms with Gasteiger partial charge < -0.3 is 9.84 Å². The number of rotatable bonds is 4. The zero-order valence-corrected chi connectivity index (χ0v) is 9.40. The van der Waals surface area contributed by atoms with Gasteiger partial charge in [0.25, 0.3) is 6.43 Å². The van der Waals surface area contributed by atoms with Crippen LogP contribution in [0, 0.1) is 0 Å². The van der Waals surface area contributed by atoms with E-state index in [1.807, 2.05) is 0 Å². The van der Waals surface area contributed by atoms with Crippen LogP contribution in [-0.4, -0.2) is 16.5 Å². The van der Waals surface area contributed by atoms with Gasteiger partial charge in [-0.1, -0.05) is 0 Å². The molecular formula is C9H7ClF5NO2. The molecule has 1 aromatic heterocycles. The SMILES string of the molecule is OCc1c(C(F)F)cc(OC(F)(F)F)nc1CCl. The normalized spacial score (nSPS) is 12.0. The third kappa shape index (κ3) is 3.67. The second kappa shape index (κ2) is 5.66. The molecule has 1 aromatic rings. The fourth-order valence-electron chi connectivity index (χ4n) is 1.28. The van der Waals surface area contributed by atoms with Crippen LogP contribution in [-0.2, 0) is 12.5 Å². The topological polar surface area (TPSA) is 42.4 Å². The van der Waals surface area contributed by atoms with Gasteiger partial charge in [-0.25, -0.2) is 13.8 Å². The van der Waals surface area contributed by atoms with Gasteiger partial charge in [0.05, 0.1) is 18.2 Å². The highest BCUT2D eigenvalue weighted by Gasteiger charge is 2.33. The second-order valence-electron chi connectivity index (χ2n) is 3.12. The van der Waals surface area contributed by atoms with Crippen molar-refractivity contribution < 1.29 is 31.8 Å². The lowest BCUT2D eigenvalue weighted by Gasteiger charge is -2.14. The first-order valence-electron chi connectivity index (χ1n) is 4.52. The van der Waals surface area contributed by atoms with E-state index in [2.05, 4.69) is 9.72 Å². The molecule has 102 valence electrons. The number of hydrogen-bond acceptors (Lipinski definition) is 3. The van der Waals surface area contributed by atoms with Gasteiger partial charge in [-0.15, -0.1) is 24.8 Å². The van der Waals surface area contributed by atoms with E-state index in [4.69, 9.17) is 16.7 Å². The molecular weight excluding hydrogens is 285 g/mol. The molecule has 3 nitrogen and oxygen atoms in total. The smallest absolute Gasteiger partial charge is 0.392 e. The minimum atomic E-state index is -5.04. The summed E-state index contributed by atoms with van der Waals surface area (Å²) < 4.78 is 64.6. The third-order valence-electron chi connectivity index (χ3n) is 1.96. The highest BCUT2D eigenvalue weighted by molar-refractivity contribution is 6.17. The Morgan fingerprint density at radius 2 is 2.00 bits per heavy atom. The summed E-state index contributed by atoms with van der Waals surface area (Å²) in [6.07, 6.45) is -8.12. The lowest BCUT2D eigenvalue weighted by Crippen LogP contribution is -2.19. The Morgan fingerprint density at radius 1 is 1.39 bits per heavy atom. The van der Waals surface area contributed by atoms with Crippen molar-refractivity contribution in [3.63, 3.8) is 0 Å². The van der Waals surface area contributed by atoms with Crippen molar-refractivity contribution in [2.75, 3.05) is 0 Å². The number of alkyl halides is 6. The molecule has 0 fully saturated rings. The first kappa shape index (κ1) is 14.9. The quantitative estimate of drug-likeness (QED) is 0.684. The zero-order valence-electron chi connectivity index (χ0n) is 8.64. The van der Waals surface area contributed by atoms with Crippen LogP contribution in [0.3, 0.4) is 0 Å². The lowest BCUT2D eigenvalue weighted by atomic mass is 10.1. The number of aliphatic hydroxyl groups is 1. The molecule has 0 aromatic carbocycles. The van der Waals surface area contributed by atoms with E-state index in [1.165, 1.54) is 0 Å². The van der Waals surface area contributed by atoms with Crippen LogP contribution < -0.4 is 4.74 Å². The summed E-state index contributed by atoms with van der Waals surface area (Å²) in [7, 11) is 0. The Bertz CT molecular complexity index is 424. The molecule has 0 spiro atoms. The van der Waals surface area contributed by atoms with Crippen molar-refractivity contribution in [2.45, 2.75) is 25.3 Å². The van der Waals surface area contributed by atoms with Gasteiger partial charge in [0.2, 0.25) is 5.88 Å². The van der Waals surface area contributed by atoms with E-state index >= 15 is 0 Å². The Morgan fingerprint density at radius 3 is 2.39 bits per heavy atom. The van der Waals surface area contributed by atoms with Crippen molar-refractivity contribution in [2.24, 2.45) is 0 Å². The third-order valence-corrected chi connectivity index (χ3v) is 2.21. The number of aliphatic hydroxyl groups excluding tert-OH is 1. The predicted octanol–water partition coefficient (Wildman–Crippen LogP) is 3.15. The number of aromatic nitrogens is 1. The molecule has 9 heteroatoms. The van der Waals surface area contributed by atoms with Crippen molar-refractivity contribution in [1.29, 1.82) is 0 Å². The van der Waals surface area contributed by atoms with Crippen LogP contribution in [0.25, 0.3) is 0 Å². The molecule has 18 heavy (non-hydrogen) atoms. The van der Waals surface area contributed by atoms with E-state index < -0.39 is 36.7 Å². The molecule has 1 rings (SSSR count). The van der Waals surface area contributed by atoms with E-state index in [-0.39, 0.29) is 11.3 Å². The molecule has 0 saturated carbocycles. The molecule has 0 saturated heterocycles. The van der Waals surface area contributed by atoms with Crippen LogP contribution >= 0.6 is 11.6 Å². The largest absolute Gasteiger partial charge is 0.574 e. The van der Waals surface area contributed by atoms with Gasteiger partial charge in [-0.05, 0) is 0 Å². The summed E-state index contributed by atoms with van der Waals surface area (Å²) in [5, 5.41) is 8.91. The maximum Gasteiger partial charge on any atom is 0.574 e. The van der Waals surface area contributed by atoms with Crippen molar-refractivity contribution >= 4 is 11.6 Å². The first-order valence-corrected chi connectivity index (χ1v) is 5.05. The maximum absolute atomic E-state index is 12.6. The van der Waals surface area contributed by atoms with E-state index in [9.17, 15) is 22.0 Å². The fourth-order valence-corrected chi connectivity index (χ4v) is 1.50. The van der Waals surface area contributed by atoms with Crippen LogP contribution in [0.4, 0.5) is 22.0 Å². The summed E-state index contributed by atoms with van der Waals surface area (Å²) in [5.41, 5.74) is -1.37. The van der Waals surface area contributed by atoms with Gasteiger partial charge in [0.15, 0.2) is 0 Å². The van der Waals surface area contributed by atoms with Crippen LogP contribution in [0.1, 0.15) is 23.2 Å². The number of pyridine rings is 1. The van der Waals surface area contributed by atoms with Crippen LogP contribution in [0.5, 0.6) is 5.88 Å². The van der Waals surface area contributed by atoms with Crippen LogP contribution in [0.15, 0.2) is 6.07 Å².